The van der Waals surface area contributed by atoms with Crippen LogP contribution in [0, 0.1) is 0 Å². The van der Waals surface area contributed by atoms with Gasteiger partial charge in [-0.2, -0.15) is 13.2 Å². The van der Waals surface area contributed by atoms with Gasteiger partial charge in [0.25, 0.3) is 0 Å². The van der Waals surface area contributed by atoms with Gasteiger partial charge in [0.2, 0.25) is 0 Å². The molecule has 26 heavy (non-hydrogen) atoms. The average molecular weight is 368 g/mol. The fraction of sp³-hybridized carbons (Fsp3) is 0.375. The lowest BCUT2D eigenvalue weighted by molar-refractivity contribution is -0.136. The summed E-state index contributed by atoms with van der Waals surface area (Å²) in [7, 11) is 0. The van der Waals surface area contributed by atoms with Gasteiger partial charge in [-0.05, 0) is 29.0 Å². The molecule has 0 unspecified atom stereocenters. The molecule has 0 bridgehead atoms. The van der Waals surface area contributed by atoms with Gasteiger partial charge < -0.3 is 9.15 Å². The van der Waals surface area contributed by atoms with Crippen LogP contribution < -0.4 is 10.4 Å². The average Bonchev–Trinajstić information content (AvgIpc) is 3.03. The molecule has 0 aliphatic heterocycles. The SMILES string of the molecule is CCCCn1nnnc1COc1ccc2c(C(F)(F)F)cc(=O)oc2c1. The quantitative estimate of drug-likeness (QED) is 0.622. The molecule has 0 saturated carbocycles. The number of aromatic nitrogens is 4. The van der Waals surface area contributed by atoms with Crippen molar-refractivity contribution in [1.82, 2.24) is 20.2 Å². The Labute approximate surface area is 145 Å². The summed E-state index contributed by atoms with van der Waals surface area (Å²) in [4.78, 5) is 11.4. The van der Waals surface area contributed by atoms with Gasteiger partial charge in [0.15, 0.2) is 5.82 Å². The molecule has 138 valence electrons. The van der Waals surface area contributed by atoms with Crippen molar-refractivity contribution < 1.29 is 22.3 Å². The number of halogens is 3. The molecular weight excluding hydrogens is 353 g/mol. The van der Waals surface area contributed by atoms with Crippen molar-refractivity contribution in [3.8, 4) is 5.75 Å². The third kappa shape index (κ3) is 3.84. The summed E-state index contributed by atoms with van der Waals surface area (Å²) in [5.74, 6) is 0.731. The van der Waals surface area contributed by atoms with Gasteiger partial charge in [0.1, 0.15) is 17.9 Å². The van der Waals surface area contributed by atoms with Crippen LogP contribution in [0.5, 0.6) is 5.75 Å². The number of benzene rings is 1. The molecule has 2 heterocycles. The molecule has 0 aliphatic rings. The van der Waals surface area contributed by atoms with Crippen LogP contribution >= 0.6 is 0 Å². The van der Waals surface area contributed by atoms with E-state index in [1.54, 1.807) is 4.68 Å². The van der Waals surface area contributed by atoms with Crippen LogP contribution in [0.4, 0.5) is 13.2 Å². The van der Waals surface area contributed by atoms with E-state index in [4.69, 9.17) is 9.15 Å². The van der Waals surface area contributed by atoms with E-state index in [9.17, 15) is 18.0 Å². The highest BCUT2D eigenvalue weighted by molar-refractivity contribution is 5.82. The van der Waals surface area contributed by atoms with Gasteiger partial charge in [-0.3, -0.25) is 0 Å². The van der Waals surface area contributed by atoms with E-state index >= 15 is 0 Å². The van der Waals surface area contributed by atoms with Gasteiger partial charge in [-0.1, -0.05) is 13.3 Å². The van der Waals surface area contributed by atoms with Gasteiger partial charge >= 0.3 is 11.8 Å². The Balaban J connectivity index is 1.84. The first kappa shape index (κ1) is 17.9. The van der Waals surface area contributed by atoms with E-state index in [2.05, 4.69) is 15.5 Å². The topological polar surface area (TPSA) is 83.0 Å². The van der Waals surface area contributed by atoms with Crippen molar-refractivity contribution in [3.63, 3.8) is 0 Å². The number of unbranched alkanes of at least 4 members (excludes halogenated alkanes) is 1. The monoisotopic (exact) mass is 368 g/mol. The van der Waals surface area contributed by atoms with E-state index in [1.807, 2.05) is 6.92 Å². The van der Waals surface area contributed by atoms with E-state index in [0.717, 1.165) is 12.8 Å². The van der Waals surface area contributed by atoms with Gasteiger partial charge in [-0.25, -0.2) is 9.48 Å². The maximum Gasteiger partial charge on any atom is 0.417 e. The fourth-order valence-electron chi connectivity index (χ4n) is 2.42. The number of hydrogen-bond donors (Lipinski definition) is 0. The van der Waals surface area contributed by atoms with Crippen LogP contribution in [0.3, 0.4) is 0 Å². The highest BCUT2D eigenvalue weighted by Gasteiger charge is 2.33. The molecule has 0 radical (unpaired) electrons. The van der Waals surface area contributed by atoms with Crippen LogP contribution in [0.2, 0.25) is 0 Å². The van der Waals surface area contributed by atoms with Crippen LogP contribution in [0.25, 0.3) is 11.0 Å². The highest BCUT2D eigenvalue weighted by Crippen LogP contribution is 2.34. The van der Waals surface area contributed by atoms with Crippen molar-refractivity contribution >= 4 is 11.0 Å². The molecular formula is C16H15F3N4O3. The zero-order chi connectivity index (χ0) is 18.7. The first-order valence-electron chi connectivity index (χ1n) is 7.91. The van der Waals surface area contributed by atoms with E-state index in [1.165, 1.54) is 18.2 Å². The Bertz CT molecular complexity index is 965. The number of tetrazole rings is 1. The Kier molecular flexibility index (Phi) is 4.92. The largest absolute Gasteiger partial charge is 0.485 e. The minimum absolute atomic E-state index is 0.0331. The predicted molar refractivity (Wildman–Crippen MR) is 84.5 cm³/mol. The van der Waals surface area contributed by atoms with Crippen molar-refractivity contribution in [2.24, 2.45) is 0 Å². The Morgan fingerprint density at radius 1 is 1.27 bits per heavy atom. The van der Waals surface area contributed by atoms with Crippen LogP contribution in [0.15, 0.2) is 33.5 Å². The maximum absolute atomic E-state index is 13.0. The summed E-state index contributed by atoms with van der Waals surface area (Å²) in [5, 5.41) is 11.1. The summed E-state index contributed by atoms with van der Waals surface area (Å²) in [5.41, 5.74) is -2.32. The van der Waals surface area contributed by atoms with Crippen molar-refractivity contribution in [2.75, 3.05) is 0 Å². The number of fused-ring (bicyclic) bond motifs is 1. The molecule has 0 N–H and O–H groups in total. The number of nitrogens with zero attached hydrogens (tertiary/aromatic N) is 4. The van der Waals surface area contributed by atoms with Crippen molar-refractivity contribution in [1.29, 1.82) is 0 Å². The normalized spacial score (nSPS) is 11.8. The smallest absolute Gasteiger partial charge is 0.417 e. The molecule has 0 atom stereocenters. The standard InChI is InChI=1S/C16H15F3N4O3/c1-2-3-6-23-14(20-21-22-23)9-25-10-4-5-11-12(16(17,18)19)8-15(24)26-13(11)7-10/h4-5,7-8H,2-3,6,9H2,1H3. The number of aryl methyl sites for hydroxylation is 1. The number of alkyl halides is 3. The summed E-state index contributed by atoms with van der Waals surface area (Å²) < 4.78 is 51.1. The predicted octanol–water partition coefficient (Wildman–Crippen LogP) is 3.18. The summed E-state index contributed by atoms with van der Waals surface area (Å²) in [6.45, 7) is 2.72. The van der Waals surface area contributed by atoms with Gasteiger partial charge in [-0.15, -0.1) is 5.10 Å². The molecule has 3 aromatic rings. The zero-order valence-electron chi connectivity index (χ0n) is 13.8. The maximum atomic E-state index is 13.0. The molecule has 2 aromatic heterocycles. The van der Waals surface area contributed by atoms with Gasteiger partial charge in [0.05, 0.1) is 5.56 Å². The summed E-state index contributed by atoms with van der Waals surface area (Å²) >= 11 is 0. The lowest BCUT2D eigenvalue weighted by Crippen LogP contribution is -2.11. The molecule has 1 aromatic carbocycles. The first-order chi connectivity index (χ1) is 12.4. The molecule has 0 fully saturated rings. The zero-order valence-corrected chi connectivity index (χ0v) is 13.8. The second-order valence-corrected chi connectivity index (χ2v) is 5.60. The molecule has 0 amide bonds. The lowest BCUT2D eigenvalue weighted by atomic mass is 10.1. The van der Waals surface area contributed by atoms with E-state index in [-0.39, 0.29) is 23.3 Å². The van der Waals surface area contributed by atoms with E-state index in [0.29, 0.717) is 18.4 Å². The summed E-state index contributed by atoms with van der Waals surface area (Å²) in [6.07, 6.45) is -2.78. The van der Waals surface area contributed by atoms with Crippen LogP contribution in [-0.2, 0) is 19.3 Å². The van der Waals surface area contributed by atoms with Gasteiger partial charge in [0, 0.05) is 24.1 Å². The fourth-order valence-corrected chi connectivity index (χ4v) is 2.42. The van der Waals surface area contributed by atoms with Crippen LogP contribution in [-0.4, -0.2) is 20.2 Å². The molecule has 7 nitrogen and oxygen atoms in total. The molecule has 3 rings (SSSR count). The second-order valence-electron chi connectivity index (χ2n) is 5.60. The number of hydrogen-bond acceptors (Lipinski definition) is 6. The van der Waals surface area contributed by atoms with Crippen LogP contribution in [0.1, 0.15) is 31.2 Å². The minimum Gasteiger partial charge on any atom is -0.485 e. The third-order valence-corrected chi connectivity index (χ3v) is 3.72. The number of ether oxygens (including phenoxy) is 1. The highest BCUT2D eigenvalue weighted by atomic mass is 19.4. The molecule has 10 heteroatoms. The Hall–Kier alpha value is -2.91. The second kappa shape index (κ2) is 7.14. The Morgan fingerprint density at radius 2 is 2.08 bits per heavy atom. The van der Waals surface area contributed by atoms with Crippen molar-refractivity contribution in [2.45, 2.75) is 39.1 Å². The van der Waals surface area contributed by atoms with E-state index < -0.39 is 17.4 Å². The molecule has 0 aliphatic carbocycles. The van der Waals surface area contributed by atoms with Crippen molar-refractivity contribution in [3.05, 3.63) is 46.1 Å². The first-order valence-corrected chi connectivity index (χ1v) is 7.91. The summed E-state index contributed by atoms with van der Waals surface area (Å²) in [6, 6.07) is 4.26. The number of rotatable bonds is 6. The Morgan fingerprint density at radius 3 is 2.81 bits per heavy atom. The molecule has 0 spiro atoms. The lowest BCUT2D eigenvalue weighted by Gasteiger charge is -2.10. The minimum atomic E-state index is -4.65. The molecule has 0 saturated heterocycles. The third-order valence-electron chi connectivity index (χ3n) is 3.72.